The lowest BCUT2D eigenvalue weighted by molar-refractivity contribution is -0.238. The SMILES string of the molecule is C[C@@]12OC(=O)C1([C@@H](O)C1C=CCCC1)NC(=O)[C@@H]2CCO. The highest BCUT2D eigenvalue weighted by molar-refractivity contribution is 6.01. The van der Waals surface area contributed by atoms with Gasteiger partial charge in [0.15, 0.2) is 5.60 Å². The number of hydrogen-bond acceptors (Lipinski definition) is 5. The summed E-state index contributed by atoms with van der Waals surface area (Å²) in [6, 6.07) is 0. The van der Waals surface area contributed by atoms with Gasteiger partial charge in [-0.15, -0.1) is 0 Å². The van der Waals surface area contributed by atoms with Gasteiger partial charge in [0.2, 0.25) is 11.4 Å². The molecular formula is C15H21NO5. The second-order valence-corrected chi connectivity index (χ2v) is 6.33. The van der Waals surface area contributed by atoms with E-state index in [1.165, 1.54) is 0 Å². The maximum atomic E-state index is 12.2. The smallest absolute Gasteiger partial charge is 0.339 e. The molecule has 3 N–H and O–H groups in total. The van der Waals surface area contributed by atoms with Crippen molar-refractivity contribution in [1.29, 1.82) is 0 Å². The minimum atomic E-state index is -1.38. The van der Waals surface area contributed by atoms with Gasteiger partial charge in [-0.3, -0.25) is 4.79 Å². The minimum absolute atomic E-state index is 0.166. The van der Waals surface area contributed by atoms with Gasteiger partial charge >= 0.3 is 5.97 Å². The molecule has 2 unspecified atom stereocenters. The van der Waals surface area contributed by atoms with Gasteiger partial charge in [0.25, 0.3) is 0 Å². The zero-order valence-corrected chi connectivity index (χ0v) is 12.0. The number of hydrogen-bond donors (Lipinski definition) is 3. The number of esters is 1. The van der Waals surface area contributed by atoms with E-state index in [-0.39, 0.29) is 24.9 Å². The van der Waals surface area contributed by atoms with Crippen molar-refractivity contribution >= 4 is 11.9 Å². The zero-order chi connectivity index (χ0) is 15.3. The van der Waals surface area contributed by atoms with E-state index in [0.717, 1.165) is 19.3 Å². The summed E-state index contributed by atoms with van der Waals surface area (Å²) < 4.78 is 5.28. The number of nitrogens with one attached hydrogen (secondary N) is 1. The van der Waals surface area contributed by atoms with Gasteiger partial charge in [-0.1, -0.05) is 12.2 Å². The van der Waals surface area contributed by atoms with Crippen molar-refractivity contribution < 1.29 is 24.5 Å². The van der Waals surface area contributed by atoms with Crippen molar-refractivity contribution in [2.75, 3.05) is 6.61 Å². The van der Waals surface area contributed by atoms with Crippen molar-refractivity contribution in [2.45, 2.75) is 49.9 Å². The van der Waals surface area contributed by atoms with Gasteiger partial charge in [0, 0.05) is 12.5 Å². The Morgan fingerprint density at radius 1 is 1.52 bits per heavy atom. The van der Waals surface area contributed by atoms with Gasteiger partial charge in [0.05, 0.1) is 12.0 Å². The van der Waals surface area contributed by atoms with E-state index in [0.29, 0.717) is 0 Å². The topological polar surface area (TPSA) is 95.9 Å². The van der Waals surface area contributed by atoms with Crippen LogP contribution in [0.1, 0.15) is 32.6 Å². The van der Waals surface area contributed by atoms with Crippen LogP contribution in [0, 0.1) is 11.8 Å². The van der Waals surface area contributed by atoms with E-state index >= 15 is 0 Å². The maximum absolute atomic E-state index is 12.2. The Kier molecular flexibility index (Phi) is 3.33. The predicted octanol–water partition coefficient (Wildman–Crippen LogP) is -0.114. The molecule has 0 radical (unpaired) electrons. The van der Waals surface area contributed by atoms with Gasteiger partial charge in [-0.25, -0.2) is 4.79 Å². The summed E-state index contributed by atoms with van der Waals surface area (Å²) in [6.07, 6.45) is 5.82. The third-order valence-corrected chi connectivity index (χ3v) is 5.27. The van der Waals surface area contributed by atoms with Crippen LogP contribution in [0.15, 0.2) is 12.2 Å². The molecule has 5 atom stereocenters. The lowest BCUT2D eigenvalue weighted by atomic mass is 9.64. The van der Waals surface area contributed by atoms with Gasteiger partial charge < -0.3 is 20.3 Å². The number of aliphatic hydroxyl groups excluding tert-OH is 2. The van der Waals surface area contributed by atoms with Crippen LogP contribution in [-0.2, 0) is 14.3 Å². The molecule has 2 aliphatic heterocycles. The van der Waals surface area contributed by atoms with E-state index < -0.39 is 29.1 Å². The van der Waals surface area contributed by atoms with E-state index in [9.17, 15) is 14.7 Å². The second-order valence-electron chi connectivity index (χ2n) is 6.33. The first-order valence-corrected chi connectivity index (χ1v) is 7.48. The van der Waals surface area contributed by atoms with Gasteiger partial charge in [-0.2, -0.15) is 0 Å². The van der Waals surface area contributed by atoms with Crippen molar-refractivity contribution in [1.82, 2.24) is 5.32 Å². The monoisotopic (exact) mass is 295 g/mol. The summed E-state index contributed by atoms with van der Waals surface area (Å²) in [5.41, 5.74) is -2.47. The van der Waals surface area contributed by atoms with E-state index in [1.807, 2.05) is 12.2 Å². The molecule has 0 aromatic heterocycles. The molecule has 1 aliphatic carbocycles. The number of aliphatic hydroxyl groups is 2. The Hall–Kier alpha value is -1.40. The molecule has 0 aromatic rings. The highest BCUT2D eigenvalue weighted by Gasteiger charge is 2.79. The number of rotatable bonds is 4. The summed E-state index contributed by atoms with van der Waals surface area (Å²) in [5, 5.41) is 22.6. The number of carbonyl (C=O) groups is 2. The van der Waals surface area contributed by atoms with E-state index in [1.54, 1.807) is 6.92 Å². The van der Waals surface area contributed by atoms with Crippen LogP contribution in [0.4, 0.5) is 0 Å². The van der Waals surface area contributed by atoms with Crippen LogP contribution >= 0.6 is 0 Å². The van der Waals surface area contributed by atoms with Crippen molar-refractivity contribution in [2.24, 2.45) is 11.8 Å². The van der Waals surface area contributed by atoms with Crippen LogP contribution in [0.25, 0.3) is 0 Å². The van der Waals surface area contributed by atoms with Crippen LogP contribution in [0.3, 0.4) is 0 Å². The second kappa shape index (κ2) is 4.81. The number of amides is 1. The predicted molar refractivity (Wildman–Crippen MR) is 73.1 cm³/mol. The molecule has 116 valence electrons. The summed E-state index contributed by atoms with van der Waals surface area (Å²) in [4.78, 5) is 24.3. The molecule has 0 spiro atoms. The molecular weight excluding hydrogens is 274 g/mol. The standard InChI is InChI=1S/C15H21NO5/c1-14-10(7-8-17)12(19)16-15(14,13(20)21-14)11(18)9-5-3-2-4-6-9/h3,5,9-11,17-18H,2,4,6-8H2,1H3,(H,16,19)/t9?,10-,11-,14-,15?/m0/s1. The minimum Gasteiger partial charge on any atom is -0.453 e. The summed E-state index contributed by atoms with van der Waals surface area (Å²) in [5.74, 6) is -1.71. The average Bonchev–Trinajstić information content (AvgIpc) is 2.65. The molecule has 6 nitrogen and oxygen atoms in total. The molecule has 2 heterocycles. The third kappa shape index (κ3) is 1.72. The maximum Gasteiger partial charge on any atom is 0.339 e. The number of fused-ring (bicyclic) bond motifs is 1. The molecule has 1 amide bonds. The molecule has 2 saturated heterocycles. The lowest BCUT2D eigenvalue weighted by Gasteiger charge is -2.54. The number of carbonyl (C=O) groups excluding carboxylic acids is 2. The number of ether oxygens (including phenoxy) is 1. The van der Waals surface area contributed by atoms with Crippen LogP contribution in [0.2, 0.25) is 0 Å². The zero-order valence-electron chi connectivity index (χ0n) is 12.0. The van der Waals surface area contributed by atoms with Gasteiger partial charge in [0.1, 0.15) is 0 Å². The van der Waals surface area contributed by atoms with Crippen LogP contribution < -0.4 is 5.32 Å². The average molecular weight is 295 g/mol. The fourth-order valence-corrected chi connectivity index (χ4v) is 4.01. The summed E-state index contributed by atoms with van der Waals surface area (Å²) in [6.45, 7) is 1.50. The first kappa shape index (κ1) is 14.5. The molecule has 0 saturated carbocycles. The van der Waals surface area contributed by atoms with E-state index in [4.69, 9.17) is 9.84 Å². The molecule has 0 bridgehead atoms. The molecule has 2 fully saturated rings. The summed E-state index contributed by atoms with van der Waals surface area (Å²) >= 11 is 0. The Balaban J connectivity index is 1.94. The van der Waals surface area contributed by atoms with Crippen molar-refractivity contribution in [3.05, 3.63) is 12.2 Å². The third-order valence-electron chi connectivity index (χ3n) is 5.27. The van der Waals surface area contributed by atoms with Crippen LogP contribution in [0.5, 0.6) is 0 Å². The molecule has 3 rings (SSSR count). The summed E-state index contributed by atoms with van der Waals surface area (Å²) in [7, 11) is 0. The molecule has 0 aromatic carbocycles. The largest absolute Gasteiger partial charge is 0.453 e. The Morgan fingerprint density at radius 3 is 2.86 bits per heavy atom. The van der Waals surface area contributed by atoms with Crippen molar-refractivity contribution in [3.8, 4) is 0 Å². The first-order valence-electron chi connectivity index (χ1n) is 7.48. The fourth-order valence-electron chi connectivity index (χ4n) is 4.01. The van der Waals surface area contributed by atoms with Crippen LogP contribution in [-0.4, -0.2) is 45.9 Å². The molecule has 6 heteroatoms. The fraction of sp³-hybridized carbons (Fsp3) is 0.733. The normalized spacial score (nSPS) is 42.8. The molecule has 21 heavy (non-hydrogen) atoms. The van der Waals surface area contributed by atoms with Gasteiger partial charge in [-0.05, 0) is 32.6 Å². The Labute approximate surface area is 123 Å². The Morgan fingerprint density at radius 2 is 2.29 bits per heavy atom. The Bertz CT molecular complexity index is 504. The molecule has 3 aliphatic rings. The quantitative estimate of drug-likeness (QED) is 0.497. The van der Waals surface area contributed by atoms with E-state index in [2.05, 4.69) is 5.32 Å². The highest BCUT2D eigenvalue weighted by Crippen LogP contribution is 2.53. The lowest BCUT2D eigenvalue weighted by Crippen LogP contribution is -2.80. The first-order chi connectivity index (χ1) is 9.97. The number of allylic oxidation sites excluding steroid dienone is 1. The van der Waals surface area contributed by atoms with Crippen molar-refractivity contribution in [3.63, 3.8) is 0 Å². The highest BCUT2D eigenvalue weighted by atomic mass is 16.6.